The Morgan fingerprint density at radius 2 is 1.81 bits per heavy atom. The third-order valence-electron chi connectivity index (χ3n) is 4.39. The van der Waals surface area contributed by atoms with Gasteiger partial charge in [-0.2, -0.15) is 0 Å². The Morgan fingerprint density at radius 1 is 1.19 bits per heavy atom. The molecule has 1 saturated carbocycles. The van der Waals surface area contributed by atoms with Crippen LogP contribution in [-0.4, -0.2) is 34.9 Å². The predicted molar refractivity (Wildman–Crippen MR) is 87.7 cm³/mol. The average Bonchev–Trinajstić information content (AvgIpc) is 2.58. The molecule has 2 rings (SSSR count). The fraction of sp³-hybridized carbons (Fsp3) is 0.500. The highest BCUT2D eigenvalue weighted by molar-refractivity contribution is 5.99. The molecular weight excluding hydrogens is 348 g/mol. The van der Waals surface area contributed by atoms with Crippen molar-refractivity contribution < 1.29 is 33.0 Å². The first kappa shape index (κ1) is 19.8. The molecule has 26 heavy (non-hydrogen) atoms. The normalized spacial score (nSPS) is 17.9. The molecule has 0 radical (unpaired) electrons. The zero-order valence-corrected chi connectivity index (χ0v) is 14.1. The maximum absolute atomic E-state index is 13.3. The fourth-order valence-electron chi connectivity index (χ4n) is 3.01. The molecule has 0 aliphatic heterocycles. The number of halogens is 2. The molecule has 0 heterocycles. The Bertz CT molecular complexity index is 640. The van der Waals surface area contributed by atoms with Crippen molar-refractivity contribution in [3.05, 3.63) is 35.9 Å². The monoisotopic (exact) mass is 369 g/mol. The first-order valence-corrected chi connectivity index (χ1v) is 8.36. The van der Waals surface area contributed by atoms with Crippen molar-refractivity contribution in [3.8, 4) is 0 Å². The molecule has 1 aliphatic carbocycles. The van der Waals surface area contributed by atoms with Gasteiger partial charge in [0, 0.05) is 12.8 Å². The minimum Gasteiger partial charge on any atom is -0.481 e. The Balaban J connectivity index is 1.97. The van der Waals surface area contributed by atoms with E-state index < -0.39 is 55.0 Å². The van der Waals surface area contributed by atoms with Crippen molar-refractivity contribution in [1.29, 1.82) is 0 Å². The lowest BCUT2D eigenvalue weighted by atomic mass is 9.80. The molecule has 0 saturated heterocycles. The highest BCUT2D eigenvalue weighted by Gasteiger charge is 2.40. The number of nitrogens with one attached hydrogen (secondary N) is 1. The van der Waals surface area contributed by atoms with Gasteiger partial charge in [-0.05, 0) is 24.3 Å². The highest BCUT2D eigenvalue weighted by Crippen LogP contribution is 2.37. The number of carbonyl (C=O) groups is 3. The summed E-state index contributed by atoms with van der Waals surface area (Å²) in [5, 5.41) is 11.2. The summed E-state index contributed by atoms with van der Waals surface area (Å²) in [6.45, 7) is -0.0186. The zero-order chi connectivity index (χ0) is 19.2. The molecule has 0 spiro atoms. The van der Waals surface area contributed by atoms with Crippen molar-refractivity contribution in [2.45, 2.75) is 50.7 Å². The van der Waals surface area contributed by atoms with Crippen LogP contribution in [0.1, 0.15) is 37.7 Å². The average molecular weight is 369 g/mol. The number of alkyl halides is 2. The van der Waals surface area contributed by atoms with E-state index in [1.165, 1.54) is 0 Å². The van der Waals surface area contributed by atoms with Gasteiger partial charge in [0.25, 0.3) is 0 Å². The number of carboxylic acids is 1. The first-order chi connectivity index (χ1) is 12.3. The molecule has 2 N–H and O–H groups in total. The lowest BCUT2D eigenvalue weighted by molar-refractivity contribution is -0.141. The summed E-state index contributed by atoms with van der Waals surface area (Å²) < 4.78 is 31.7. The molecule has 1 aromatic carbocycles. The van der Waals surface area contributed by atoms with Crippen LogP contribution in [0.5, 0.6) is 0 Å². The van der Waals surface area contributed by atoms with E-state index in [4.69, 9.17) is 9.84 Å². The van der Waals surface area contributed by atoms with Gasteiger partial charge in [0.1, 0.15) is 13.0 Å². The molecule has 1 unspecified atom stereocenters. The fourth-order valence-corrected chi connectivity index (χ4v) is 3.01. The van der Waals surface area contributed by atoms with Crippen LogP contribution in [-0.2, 0) is 20.9 Å². The quantitative estimate of drug-likeness (QED) is 0.720. The summed E-state index contributed by atoms with van der Waals surface area (Å²) in [6, 6.07) is 7.72. The van der Waals surface area contributed by atoms with Crippen molar-refractivity contribution in [3.63, 3.8) is 0 Å². The molecule has 1 aliphatic rings. The number of ketones is 1. The Morgan fingerprint density at radius 3 is 2.38 bits per heavy atom. The molecule has 6 nitrogen and oxygen atoms in total. The molecule has 0 aromatic heterocycles. The summed E-state index contributed by atoms with van der Waals surface area (Å²) in [7, 11) is 0. The maximum atomic E-state index is 13.3. The number of hydrogen-bond acceptors (Lipinski definition) is 4. The van der Waals surface area contributed by atoms with Crippen LogP contribution in [0.25, 0.3) is 0 Å². The minimum absolute atomic E-state index is 0.0186. The van der Waals surface area contributed by atoms with Gasteiger partial charge in [-0.25, -0.2) is 13.6 Å². The number of aliphatic carboxylic acids is 1. The van der Waals surface area contributed by atoms with E-state index in [1.54, 1.807) is 24.3 Å². The van der Waals surface area contributed by atoms with Crippen LogP contribution in [0, 0.1) is 5.92 Å². The van der Waals surface area contributed by atoms with Gasteiger partial charge in [0.15, 0.2) is 5.78 Å². The topological polar surface area (TPSA) is 92.7 Å². The Hall–Kier alpha value is -2.51. The molecular formula is C18H21F2NO5. The first-order valence-electron chi connectivity index (χ1n) is 8.36. The number of ether oxygens (including phenoxy) is 1. The van der Waals surface area contributed by atoms with Crippen LogP contribution in [0.2, 0.25) is 0 Å². The number of alkyl carbamates (subject to hydrolysis) is 1. The zero-order valence-electron chi connectivity index (χ0n) is 14.1. The van der Waals surface area contributed by atoms with Crippen LogP contribution in [0.4, 0.5) is 13.6 Å². The molecule has 8 heteroatoms. The van der Waals surface area contributed by atoms with E-state index in [0.717, 1.165) is 5.56 Å². The van der Waals surface area contributed by atoms with Gasteiger partial charge in [-0.1, -0.05) is 30.3 Å². The summed E-state index contributed by atoms with van der Waals surface area (Å²) in [4.78, 5) is 35.0. The minimum atomic E-state index is -2.79. The lowest BCUT2D eigenvalue weighted by Gasteiger charge is -2.33. The Labute approximate surface area is 149 Å². The standard InChI is InChI=1S/C18H21F2NO5/c19-18(20)8-6-13(7-9-18)16(14(22)10-15(23)24)21-17(25)26-11-12-4-2-1-3-5-12/h1-5,13,16H,6-11H2,(H,21,25)(H,23,24). The third kappa shape index (κ3) is 6.09. The maximum Gasteiger partial charge on any atom is 0.408 e. The van der Waals surface area contributed by atoms with Crippen LogP contribution in [0.15, 0.2) is 30.3 Å². The number of carboxylic acid groups (broad SMARTS) is 1. The van der Waals surface area contributed by atoms with Gasteiger partial charge in [0.2, 0.25) is 5.92 Å². The SMILES string of the molecule is O=C(O)CC(=O)C(NC(=O)OCc1ccccc1)C1CCC(F)(F)CC1. The van der Waals surface area contributed by atoms with Gasteiger partial charge in [-0.15, -0.1) is 0 Å². The van der Waals surface area contributed by atoms with Gasteiger partial charge in [-0.3, -0.25) is 9.59 Å². The molecule has 1 atom stereocenters. The summed E-state index contributed by atoms with van der Waals surface area (Å²) in [5.41, 5.74) is 0.744. The number of Topliss-reactive ketones (excluding diaryl/α,β-unsaturated/α-hetero) is 1. The number of amides is 1. The van der Waals surface area contributed by atoms with E-state index >= 15 is 0 Å². The summed E-state index contributed by atoms with van der Waals surface area (Å²) in [6.07, 6.45) is -2.39. The van der Waals surface area contributed by atoms with Crippen molar-refractivity contribution in [1.82, 2.24) is 5.32 Å². The summed E-state index contributed by atoms with van der Waals surface area (Å²) >= 11 is 0. The van der Waals surface area contributed by atoms with E-state index in [-0.39, 0.29) is 19.4 Å². The second-order valence-electron chi connectivity index (χ2n) is 6.41. The lowest BCUT2D eigenvalue weighted by Crippen LogP contribution is -2.48. The van der Waals surface area contributed by atoms with Crippen LogP contribution >= 0.6 is 0 Å². The van der Waals surface area contributed by atoms with E-state index in [0.29, 0.717) is 0 Å². The summed E-state index contributed by atoms with van der Waals surface area (Å²) in [5.74, 6) is -5.37. The van der Waals surface area contributed by atoms with Crippen molar-refractivity contribution >= 4 is 17.8 Å². The van der Waals surface area contributed by atoms with Crippen molar-refractivity contribution in [2.24, 2.45) is 5.92 Å². The van der Waals surface area contributed by atoms with Gasteiger partial charge in [0.05, 0.1) is 6.04 Å². The molecule has 0 bridgehead atoms. The van der Waals surface area contributed by atoms with Crippen molar-refractivity contribution in [2.75, 3.05) is 0 Å². The van der Waals surface area contributed by atoms with E-state index in [1.807, 2.05) is 6.07 Å². The highest BCUT2D eigenvalue weighted by atomic mass is 19.3. The predicted octanol–water partition coefficient (Wildman–Crippen LogP) is 3.15. The number of rotatable bonds is 7. The van der Waals surface area contributed by atoms with E-state index in [2.05, 4.69) is 5.32 Å². The van der Waals surface area contributed by atoms with Crippen LogP contribution in [0.3, 0.4) is 0 Å². The Kier molecular flexibility index (Phi) is 6.65. The van der Waals surface area contributed by atoms with Crippen LogP contribution < -0.4 is 5.32 Å². The van der Waals surface area contributed by atoms with Gasteiger partial charge >= 0.3 is 12.1 Å². The second-order valence-corrected chi connectivity index (χ2v) is 6.41. The number of hydrogen-bond donors (Lipinski definition) is 2. The number of benzene rings is 1. The second kappa shape index (κ2) is 8.73. The molecule has 1 fully saturated rings. The third-order valence-corrected chi connectivity index (χ3v) is 4.39. The number of carbonyl (C=O) groups excluding carboxylic acids is 2. The van der Waals surface area contributed by atoms with Gasteiger partial charge < -0.3 is 15.2 Å². The largest absolute Gasteiger partial charge is 0.481 e. The smallest absolute Gasteiger partial charge is 0.408 e. The molecule has 142 valence electrons. The molecule has 1 aromatic rings. The molecule has 1 amide bonds. The van der Waals surface area contributed by atoms with E-state index in [9.17, 15) is 23.2 Å².